The predicted molar refractivity (Wildman–Crippen MR) is 175 cm³/mol. The third-order valence-corrected chi connectivity index (χ3v) is 8.86. The minimum Gasteiger partial charge on any atom is -0.350 e. The zero-order chi connectivity index (χ0) is 28.3. The Morgan fingerprint density at radius 2 is 1.30 bits per heavy atom. The van der Waals surface area contributed by atoms with Crippen molar-refractivity contribution in [3.63, 3.8) is 0 Å². The van der Waals surface area contributed by atoms with Gasteiger partial charge in [0, 0.05) is 33.5 Å². The molecule has 5 aromatic carbocycles. The Hall–Kier alpha value is -5.16. The lowest BCUT2D eigenvalue weighted by Gasteiger charge is -2.28. The lowest BCUT2D eigenvalue weighted by molar-refractivity contribution is 0.0631. The molecule has 1 aromatic heterocycles. The molecule has 4 nitrogen and oxygen atoms in total. The molecule has 6 aromatic rings. The molecular weight excluding hydrogens is 526 g/mol. The van der Waals surface area contributed by atoms with Crippen molar-refractivity contribution in [2.45, 2.75) is 18.4 Å². The quantitative estimate of drug-likeness (QED) is 0.236. The van der Waals surface area contributed by atoms with Crippen LogP contribution in [0.15, 0.2) is 152 Å². The first kappa shape index (κ1) is 24.4. The molecule has 1 fully saturated rings. The third kappa shape index (κ3) is 3.77. The molecule has 0 radical (unpaired) electrons. The molecule has 4 heteroatoms. The molecule has 1 aliphatic carbocycles. The highest BCUT2D eigenvalue weighted by molar-refractivity contribution is 6.12. The van der Waals surface area contributed by atoms with Gasteiger partial charge in [-0.2, -0.15) is 0 Å². The van der Waals surface area contributed by atoms with E-state index in [0.717, 1.165) is 28.3 Å². The van der Waals surface area contributed by atoms with E-state index in [1.165, 1.54) is 33.3 Å². The predicted octanol–water partition coefficient (Wildman–Crippen LogP) is 9.23. The average molecular weight is 556 g/mol. The fourth-order valence-corrected chi connectivity index (χ4v) is 7.01. The van der Waals surface area contributed by atoms with Gasteiger partial charge >= 0.3 is 0 Å². The van der Waals surface area contributed by atoms with Gasteiger partial charge in [0.25, 0.3) is 0 Å². The van der Waals surface area contributed by atoms with Gasteiger partial charge in [-0.25, -0.2) is 0 Å². The van der Waals surface area contributed by atoms with Gasteiger partial charge in [0.1, 0.15) is 6.23 Å². The second-order valence-corrected chi connectivity index (χ2v) is 11.3. The summed E-state index contributed by atoms with van der Waals surface area (Å²) in [5.74, 6) is 0. The van der Waals surface area contributed by atoms with Crippen LogP contribution in [0.1, 0.15) is 11.8 Å². The first-order valence-corrected chi connectivity index (χ1v) is 14.9. The number of allylic oxidation sites excluding steroid dienone is 2. The molecule has 0 amide bonds. The molecule has 3 unspecified atom stereocenters. The lowest BCUT2D eigenvalue weighted by Crippen LogP contribution is -2.29. The molecule has 3 aliphatic rings. The Bertz CT molecular complexity index is 2050. The SMILES string of the molecule is C1=CC2NC(c3cccc(N4c5ccccc5-c5c(n(-c6ccccc6)c6ccccc56)-c5ccccc54)c3)OC2C=C1. The second kappa shape index (κ2) is 9.70. The third-order valence-electron chi connectivity index (χ3n) is 8.86. The summed E-state index contributed by atoms with van der Waals surface area (Å²) in [7, 11) is 0. The van der Waals surface area contributed by atoms with Crippen molar-refractivity contribution in [1.29, 1.82) is 0 Å². The summed E-state index contributed by atoms with van der Waals surface area (Å²) in [6, 6.07) is 46.1. The molecule has 1 N–H and O–H groups in total. The van der Waals surface area contributed by atoms with Gasteiger partial charge in [-0.3, -0.25) is 5.32 Å². The van der Waals surface area contributed by atoms with E-state index in [1.807, 2.05) is 0 Å². The largest absolute Gasteiger partial charge is 0.350 e. The van der Waals surface area contributed by atoms with Crippen molar-refractivity contribution in [3.8, 4) is 28.1 Å². The van der Waals surface area contributed by atoms with Crippen molar-refractivity contribution in [3.05, 3.63) is 157 Å². The fourth-order valence-electron chi connectivity index (χ4n) is 7.01. The van der Waals surface area contributed by atoms with E-state index in [0.29, 0.717) is 0 Å². The normalized spacial score (nSPS) is 19.9. The highest BCUT2D eigenvalue weighted by Crippen LogP contribution is 2.54. The van der Waals surface area contributed by atoms with Crippen molar-refractivity contribution in [2.24, 2.45) is 0 Å². The Morgan fingerprint density at radius 3 is 2.16 bits per heavy atom. The number of fused-ring (bicyclic) bond motifs is 8. The lowest BCUT2D eigenvalue weighted by atomic mass is 9.98. The highest BCUT2D eigenvalue weighted by Gasteiger charge is 2.34. The zero-order valence-corrected chi connectivity index (χ0v) is 23.5. The van der Waals surface area contributed by atoms with Crippen molar-refractivity contribution < 1.29 is 4.74 Å². The van der Waals surface area contributed by atoms with Crippen molar-refractivity contribution >= 4 is 28.0 Å². The van der Waals surface area contributed by atoms with E-state index in [9.17, 15) is 0 Å². The van der Waals surface area contributed by atoms with Crippen LogP contribution in [-0.2, 0) is 4.74 Å². The van der Waals surface area contributed by atoms with Gasteiger partial charge < -0.3 is 14.2 Å². The van der Waals surface area contributed by atoms with Crippen LogP contribution in [0.2, 0.25) is 0 Å². The topological polar surface area (TPSA) is 29.4 Å². The van der Waals surface area contributed by atoms with Crippen LogP contribution >= 0.6 is 0 Å². The number of rotatable bonds is 3. The van der Waals surface area contributed by atoms with E-state index in [4.69, 9.17) is 4.74 Å². The molecule has 3 heterocycles. The number of nitrogens with one attached hydrogen (secondary N) is 1. The smallest absolute Gasteiger partial charge is 0.135 e. The molecule has 0 saturated carbocycles. The van der Waals surface area contributed by atoms with E-state index in [-0.39, 0.29) is 18.4 Å². The summed E-state index contributed by atoms with van der Waals surface area (Å²) in [5, 5.41) is 4.91. The molecule has 0 bridgehead atoms. The van der Waals surface area contributed by atoms with Gasteiger partial charge in [0.15, 0.2) is 0 Å². The molecule has 0 spiro atoms. The molecule has 43 heavy (non-hydrogen) atoms. The number of ether oxygens (including phenoxy) is 1. The summed E-state index contributed by atoms with van der Waals surface area (Å²) in [6.07, 6.45) is 8.34. The van der Waals surface area contributed by atoms with E-state index < -0.39 is 0 Å². The number of para-hydroxylation sites is 4. The number of nitrogens with zero attached hydrogens (tertiary/aromatic N) is 2. The molecule has 2 aliphatic heterocycles. The van der Waals surface area contributed by atoms with E-state index >= 15 is 0 Å². The van der Waals surface area contributed by atoms with Crippen molar-refractivity contribution in [2.75, 3.05) is 4.90 Å². The zero-order valence-electron chi connectivity index (χ0n) is 23.5. The van der Waals surface area contributed by atoms with Gasteiger partial charge in [0.05, 0.1) is 34.7 Å². The Balaban J connectivity index is 1.29. The van der Waals surface area contributed by atoms with Crippen LogP contribution in [0.25, 0.3) is 39.0 Å². The van der Waals surface area contributed by atoms with Crippen LogP contribution in [-0.4, -0.2) is 16.7 Å². The van der Waals surface area contributed by atoms with Gasteiger partial charge in [-0.05, 0) is 48.0 Å². The van der Waals surface area contributed by atoms with Crippen LogP contribution in [0.3, 0.4) is 0 Å². The molecule has 9 rings (SSSR count). The van der Waals surface area contributed by atoms with E-state index in [2.05, 4.69) is 166 Å². The monoisotopic (exact) mass is 555 g/mol. The average Bonchev–Trinajstić information content (AvgIpc) is 3.63. The Labute approximate surface area is 250 Å². The first-order chi connectivity index (χ1) is 21.3. The first-order valence-electron chi connectivity index (χ1n) is 14.9. The van der Waals surface area contributed by atoms with Gasteiger partial charge in [0.2, 0.25) is 0 Å². The maximum Gasteiger partial charge on any atom is 0.135 e. The number of hydrogen-bond donors (Lipinski definition) is 1. The number of anilines is 3. The maximum atomic E-state index is 6.44. The van der Waals surface area contributed by atoms with Gasteiger partial charge in [-0.1, -0.05) is 109 Å². The number of hydrogen-bond acceptors (Lipinski definition) is 3. The molecule has 3 atom stereocenters. The summed E-state index contributed by atoms with van der Waals surface area (Å²) in [5.41, 5.74) is 11.7. The standard InChI is InChI=1S/C39H29N3O/c1-2-14-27(15-3-1)42-34-22-9-5-18-30(34)37-29-17-4-8-21-33(29)41(35-23-10-6-19-31(35)38(37)42)28-16-12-13-26(25-28)39-40-32-20-7-11-24-36(32)43-39/h1-25,32,36,39-40H. The fraction of sp³-hybridized carbons (Fsp3) is 0.0769. The van der Waals surface area contributed by atoms with Crippen molar-refractivity contribution in [1.82, 2.24) is 9.88 Å². The molecular formula is C39H29N3O. The Kier molecular flexibility index (Phi) is 5.51. The van der Waals surface area contributed by atoms with Gasteiger partial charge in [-0.15, -0.1) is 0 Å². The highest BCUT2D eigenvalue weighted by atomic mass is 16.5. The molecule has 1 saturated heterocycles. The molecule has 206 valence electrons. The Morgan fingerprint density at radius 1 is 0.605 bits per heavy atom. The maximum absolute atomic E-state index is 6.44. The minimum absolute atomic E-state index is 0.0505. The summed E-state index contributed by atoms with van der Waals surface area (Å²) in [6.45, 7) is 0. The van der Waals surface area contributed by atoms with E-state index in [1.54, 1.807) is 0 Å². The van der Waals surface area contributed by atoms with Crippen LogP contribution in [0.5, 0.6) is 0 Å². The summed E-state index contributed by atoms with van der Waals surface area (Å²) < 4.78 is 8.87. The minimum atomic E-state index is -0.177. The number of aromatic nitrogens is 1. The van der Waals surface area contributed by atoms with Crippen LogP contribution < -0.4 is 10.2 Å². The second-order valence-electron chi connectivity index (χ2n) is 11.3. The summed E-state index contributed by atoms with van der Waals surface area (Å²) >= 11 is 0. The number of benzene rings is 5. The summed E-state index contributed by atoms with van der Waals surface area (Å²) in [4.78, 5) is 2.42. The van der Waals surface area contributed by atoms with Crippen LogP contribution in [0, 0.1) is 0 Å². The van der Waals surface area contributed by atoms with Crippen LogP contribution in [0.4, 0.5) is 17.1 Å².